The van der Waals surface area contributed by atoms with Crippen LogP contribution in [0.4, 0.5) is 0 Å². The van der Waals surface area contributed by atoms with E-state index in [-0.39, 0.29) is 11.2 Å². The Morgan fingerprint density at radius 1 is 0.425 bits per heavy atom. The lowest BCUT2D eigenvalue weighted by Gasteiger charge is -2.38. The highest BCUT2D eigenvalue weighted by molar-refractivity contribution is 6.62. The van der Waals surface area contributed by atoms with Gasteiger partial charge >= 0.3 is 7.12 Å². The maximum atomic E-state index is 6.40. The molecule has 5 aromatic carbocycles. The van der Waals surface area contributed by atoms with Crippen LogP contribution in [0, 0.1) is 0 Å². The van der Waals surface area contributed by atoms with E-state index < -0.39 is 12.5 Å². The van der Waals surface area contributed by atoms with E-state index in [1.807, 2.05) is 0 Å². The van der Waals surface area contributed by atoms with Gasteiger partial charge in [0, 0.05) is 0 Å². The van der Waals surface area contributed by atoms with Gasteiger partial charge < -0.3 is 9.31 Å². The summed E-state index contributed by atoms with van der Waals surface area (Å²) < 4.78 is 12.8. The average molecular weight is 520 g/mol. The zero-order valence-corrected chi connectivity index (χ0v) is 23.5. The number of hydrogen-bond donors (Lipinski definition) is 0. The summed E-state index contributed by atoms with van der Waals surface area (Å²) in [5, 5.41) is 0. The quantitative estimate of drug-likeness (QED) is 0.220. The molecular weight excluding hydrogens is 487 g/mol. The van der Waals surface area contributed by atoms with E-state index >= 15 is 0 Å². The highest BCUT2D eigenvalue weighted by Gasteiger charge is 2.52. The minimum atomic E-state index is -0.526. The predicted octanol–water partition coefficient (Wildman–Crippen LogP) is 8.02. The molecule has 0 atom stereocenters. The van der Waals surface area contributed by atoms with Crippen molar-refractivity contribution in [1.29, 1.82) is 0 Å². The maximum absolute atomic E-state index is 6.40. The van der Waals surface area contributed by atoms with E-state index in [2.05, 4.69) is 155 Å². The van der Waals surface area contributed by atoms with Gasteiger partial charge in [0.25, 0.3) is 0 Å². The zero-order valence-electron chi connectivity index (χ0n) is 23.5. The Labute approximate surface area is 237 Å². The molecule has 196 valence electrons. The molecule has 2 aliphatic rings. The molecule has 5 aromatic rings. The Hall–Kier alpha value is -3.92. The molecule has 7 rings (SSSR count). The van der Waals surface area contributed by atoms with E-state index in [9.17, 15) is 0 Å². The third-order valence-corrected chi connectivity index (χ3v) is 9.25. The molecule has 0 aromatic heterocycles. The Morgan fingerprint density at radius 3 is 1.32 bits per heavy atom. The van der Waals surface area contributed by atoms with Crippen LogP contribution in [0.5, 0.6) is 0 Å². The molecule has 0 bridgehead atoms. The fraction of sp³-hybridized carbons (Fsp3) is 0.189. The summed E-state index contributed by atoms with van der Waals surface area (Å²) in [6, 6.07) is 46.5. The van der Waals surface area contributed by atoms with Crippen molar-refractivity contribution in [3.05, 3.63) is 150 Å². The first-order chi connectivity index (χ1) is 19.3. The van der Waals surface area contributed by atoms with Gasteiger partial charge in [0.1, 0.15) is 0 Å². The summed E-state index contributed by atoms with van der Waals surface area (Å²) in [4.78, 5) is 0. The molecule has 1 saturated heterocycles. The highest BCUT2D eigenvalue weighted by atomic mass is 16.7. The Bertz CT molecular complexity index is 1620. The van der Waals surface area contributed by atoms with Crippen LogP contribution in [-0.2, 0) is 14.7 Å². The number of rotatable bonds is 3. The lowest BCUT2D eigenvalue weighted by Crippen LogP contribution is -2.41. The Morgan fingerprint density at radius 2 is 0.825 bits per heavy atom. The van der Waals surface area contributed by atoms with Crippen molar-refractivity contribution in [2.75, 3.05) is 0 Å². The van der Waals surface area contributed by atoms with Crippen molar-refractivity contribution < 1.29 is 9.31 Å². The molecule has 2 nitrogen and oxygen atoms in total. The van der Waals surface area contributed by atoms with E-state index in [4.69, 9.17) is 9.31 Å². The van der Waals surface area contributed by atoms with Crippen LogP contribution in [0.1, 0.15) is 49.9 Å². The normalized spacial score (nSPS) is 17.9. The monoisotopic (exact) mass is 520 g/mol. The maximum Gasteiger partial charge on any atom is 0.494 e. The summed E-state index contributed by atoms with van der Waals surface area (Å²) in [6.45, 7) is 8.40. The number of hydrogen-bond acceptors (Lipinski definition) is 2. The summed E-state index contributed by atoms with van der Waals surface area (Å²) in [7, 11) is -0.398. The average Bonchev–Trinajstić information content (AvgIpc) is 3.14. The molecule has 1 heterocycles. The molecule has 1 fully saturated rings. The summed E-state index contributed by atoms with van der Waals surface area (Å²) in [5.74, 6) is 0. The standard InChI is InChI=1S/C37H33BO2/c1-35(2)36(3,4)40-38(39-35)28-24-22-27(23-25-28)37(26-14-6-5-7-15-26)33-20-12-10-18-31(33)29-16-8-9-17-30(29)32-19-11-13-21-34(32)37/h5-25H,1-4H3. The molecule has 0 unspecified atom stereocenters. The summed E-state index contributed by atoms with van der Waals surface area (Å²) >= 11 is 0. The smallest absolute Gasteiger partial charge is 0.399 e. The third-order valence-electron chi connectivity index (χ3n) is 9.25. The first kappa shape index (κ1) is 25.1. The fourth-order valence-corrected chi connectivity index (χ4v) is 6.53. The molecular formula is C37H33BO2. The molecule has 0 spiro atoms. The second kappa shape index (κ2) is 9.06. The predicted molar refractivity (Wildman–Crippen MR) is 165 cm³/mol. The van der Waals surface area contributed by atoms with Crippen LogP contribution in [0.3, 0.4) is 0 Å². The van der Waals surface area contributed by atoms with E-state index in [1.54, 1.807) is 0 Å². The fourth-order valence-electron chi connectivity index (χ4n) is 6.53. The van der Waals surface area contributed by atoms with Gasteiger partial charge in [0.2, 0.25) is 0 Å². The zero-order chi connectivity index (χ0) is 27.5. The summed E-state index contributed by atoms with van der Waals surface area (Å²) in [6.07, 6.45) is 0. The van der Waals surface area contributed by atoms with Gasteiger partial charge in [-0.2, -0.15) is 0 Å². The van der Waals surface area contributed by atoms with Crippen LogP contribution in [-0.4, -0.2) is 18.3 Å². The third kappa shape index (κ3) is 3.58. The molecule has 1 aliphatic heterocycles. The lowest BCUT2D eigenvalue weighted by molar-refractivity contribution is 0.00578. The van der Waals surface area contributed by atoms with E-state index in [0.29, 0.717) is 0 Å². The molecule has 3 heteroatoms. The topological polar surface area (TPSA) is 18.5 Å². The highest BCUT2D eigenvalue weighted by Crippen LogP contribution is 2.54. The number of benzene rings is 5. The van der Waals surface area contributed by atoms with Gasteiger partial charge in [0.15, 0.2) is 0 Å². The summed E-state index contributed by atoms with van der Waals surface area (Å²) in [5.41, 5.74) is 9.79. The van der Waals surface area contributed by atoms with Gasteiger partial charge in [-0.05, 0) is 77.7 Å². The van der Waals surface area contributed by atoms with E-state index in [0.717, 1.165) is 5.46 Å². The first-order valence-corrected chi connectivity index (χ1v) is 14.1. The SMILES string of the molecule is CC1(C)OB(c2ccc(C3(c4ccccc4)c4ccccc4-c4ccccc4-c4ccccc43)cc2)OC1(C)C. The molecule has 0 saturated carbocycles. The second-order valence-corrected chi connectivity index (χ2v) is 12.0. The minimum absolute atomic E-state index is 0.382. The largest absolute Gasteiger partial charge is 0.494 e. The van der Waals surface area contributed by atoms with Crippen LogP contribution in [0.25, 0.3) is 22.3 Å². The van der Waals surface area contributed by atoms with Crippen LogP contribution < -0.4 is 5.46 Å². The van der Waals surface area contributed by atoms with Crippen LogP contribution >= 0.6 is 0 Å². The van der Waals surface area contributed by atoms with Crippen molar-refractivity contribution in [2.24, 2.45) is 0 Å². The lowest BCUT2D eigenvalue weighted by atomic mass is 9.63. The van der Waals surface area contributed by atoms with Crippen LogP contribution in [0.15, 0.2) is 127 Å². The van der Waals surface area contributed by atoms with Gasteiger partial charge in [-0.1, -0.05) is 127 Å². The molecule has 0 N–H and O–H groups in total. The van der Waals surface area contributed by atoms with Crippen LogP contribution in [0.2, 0.25) is 0 Å². The number of fused-ring (bicyclic) bond motifs is 5. The molecule has 0 radical (unpaired) electrons. The second-order valence-electron chi connectivity index (χ2n) is 12.0. The van der Waals surface area contributed by atoms with Gasteiger partial charge in [-0.25, -0.2) is 0 Å². The Balaban J connectivity index is 1.52. The van der Waals surface area contributed by atoms with Crippen molar-refractivity contribution in [3.63, 3.8) is 0 Å². The van der Waals surface area contributed by atoms with Gasteiger partial charge in [-0.15, -0.1) is 0 Å². The molecule has 40 heavy (non-hydrogen) atoms. The molecule has 1 aliphatic carbocycles. The van der Waals surface area contributed by atoms with Gasteiger partial charge in [-0.3, -0.25) is 0 Å². The van der Waals surface area contributed by atoms with Gasteiger partial charge in [0.05, 0.1) is 16.6 Å². The first-order valence-electron chi connectivity index (χ1n) is 14.1. The molecule has 0 amide bonds. The Kier molecular flexibility index (Phi) is 5.68. The van der Waals surface area contributed by atoms with E-state index in [1.165, 1.54) is 44.5 Å². The van der Waals surface area contributed by atoms with Crippen molar-refractivity contribution in [2.45, 2.75) is 44.3 Å². The van der Waals surface area contributed by atoms with Crippen molar-refractivity contribution in [3.8, 4) is 22.3 Å². The minimum Gasteiger partial charge on any atom is -0.399 e. The van der Waals surface area contributed by atoms with Crippen molar-refractivity contribution >= 4 is 12.6 Å². The van der Waals surface area contributed by atoms with Crippen molar-refractivity contribution in [1.82, 2.24) is 0 Å².